The minimum Gasteiger partial charge on any atom is -0.472 e. The maximum Gasteiger partial charge on any atom is 0.410 e. The second kappa shape index (κ2) is 7.11. The van der Waals surface area contributed by atoms with Crippen LogP contribution in [0.3, 0.4) is 0 Å². The molecular weight excluding hydrogens is 312 g/mol. The van der Waals surface area contributed by atoms with Gasteiger partial charge in [-0.25, -0.2) is 9.78 Å². The Morgan fingerprint density at radius 2 is 1.87 bits per heavy atom. The Morgan fingerprint density at radius 3 is 2.43 bits per heavy atom. The first-order valence-corrected chi connectivity index (χ1v) is 8.14. The second-order valence-electron chi connectivity index (χ2n) is 5.07. The van der Waals surface area contributed by atoms with Crippen molar-refractivity contribution in [2.75, 3.05) is 5.32 Å². The van der Waals surface area contributed by atoms with Crippen LogP contribution in [-0.4, -0.2) is 16.2 Å². The summed E-state index contributed by atoms with van der Waals surface area (Å²) in [7, 11) is 0. The van der Waals surface area contributed by atoms with Gasteiger partial charge in [0.1, 0.15) is 0 Å². The lowest BCUT2D eigenvalue weighted by atomic mass is 10.1. The number of benzene rings is 1. The number of carboxylic acid groups (broad SMARTS) is 1. The van der Waals surface area contributed by atoms with Crippen LogP contribution in [0.15, 0.2) is 53.3 Å². The SMILES string of the molecule is C1CC1.O=C(O)Nc1nc(-c2ccccc2)c(-c2ccoc2)s1. The first-order chi connectivity index (χ1) is 11.2. The molecule has 2 aromatic heterocycles. The van der Waals surface area contributed by atoms with Crippen molar-refractivity contribution >= 4 is 22.6 Å². The lowest BCUT2D eigenvalue weighted by Gasteiger charge is -1.99. The van der Waals surface area contributed by atoms with E-state index in [2.05, 4.69) is 10.3 Å². The van der Waals surface area contributed by atoms with Crippen LogP contribution >= 0.6 is 11.3 Å². The Bertz CT molecular complexity index is 762. The third-order valence-electron chi connectivity index (χ3n) is 3.03. The van der Waals surface area contributed by atoms with Gasteiger partial charge in [-0.3, -0.25) is 5.32 Å². The normalized spacial score (nSPS) is 12.2. The molecule has 2 heterocycles. The number of rotatable bonds is 3. The Morgan fingerprint density at radius 1 is 1.13 bits per heavy atom. The van der Waals surface area contributed by atoms with Crippen LogP contribution in [0, 0.1) is 0 Å². The molecule has 2 N–H and O–H groups in total. The highest BCUT2D eigenvalue weighted by molar-refractivity contribution is 7.19. The van der Waals surface area contributed by atoms with Gasteiger partial charge in [0.2, 0.25) is 0 Å². The average Bonchev–Trinajstić information content (AvgIpc) is 3.22. The topological polar surface area (TPSA) is 75.4 Å². The second-order valence-corrected chi connectivity index (χ2v) is 6.06. The molecule has 1 aromatic carbocycles. The molecule has 0 aliphatic heterocycles. The van der Waals surface area contributed by atoms with Crippen molar-refractivity contribution in [1.82, 2.24) is 4.98 Å². The number of amides is 1. The summed E-state index contributed by atoms with van der Waals surface area (Å²) in [6, 6.07) is 11.4. The van der Waals surface area contributed by atoms with Gasteiger partial charge in [0.25, 0.3) is 0 Å². The Balaban J connectivity index is 0.000000468. The number of aromatic nitrogens is 1. The Kier molecular flexibility index (Phi) is 4.73. The molecule has 1 amide bonds. The van der Waals surface area contributed by atoms with Crippen LogP contribution in [-0.2, 0) is 0 Å². The zero-order valence-electron chi connectivity index (χ0n) is 12.4. The summed E-state index contributed by atoms with van der Waals surface area (Å²) < 4.78 is 5.09. The quantitative estimate of drug-likeness (QED) is 0.681. The van der Waals surface area contributed by atoms with Crippen LogP contribution in [0.25, 0.3) is 21.7 Å². The van der Waals surface area contributed by atoms with Gasteiger partial charge in [-0.15, -0.1) is 0 Å². The minimum absolute atomic E-state index is 0.340. The minimum atomic E-state index is -1.13. The van der Waals surface area contributed by atoms with E-state index in [0.29, 0.717) is 5.13 Å². The molecule has 0 unspecified atom stereocenters. The highest BCUT2D eigenvalue weighted by Gasteiger charge is 2.16. The van der Waals surface area contributed by atoms with E-state index in [4.69, 9.17) is 9.52 Å². The predicted molar refractivity (Wildman–Crippen MR) is 90.8 cm³/mol. The van der Waals surface area contributed by atoms with Gasteiger partial charge in [0, 0.05) is 11.1 Å². The van der Waals surface area contributed by atoms with Crippen LogP contribution in [0.5, 0.6) is 0 Å². The van der Waals surface area contributed by atoms with Gasteiger partial charge in [-0.1, -0.05) is 60.9 Å². The molecule has 1 aliphatic rings. The van der Waals surface area contributed by atoms with Gasteiger partial charge >= 0.3 is 6.09 Å². The number of anilines is 1. The highest BCUT2D eigenvalue weighted by Crippen LogP contribution is 2.39. The summed E-state index contributed by atoms with van der Waals surface area (Å²) in [6.45, 7) is 0. The molecule has 118 valence electrons. The highest BCUT2D eigenvalue weighted by atomic mass is 32.1. The molecule has 0 saturated heterocycles. The van der Waals surface area contributed by atoms with E-state index in [9.17, 15) is 4.79 Å². The summed E-state index contributed by atoms with van der Waals surface area (Å²) in [4.78, 5) is 16.0. The fourth-order valence-corrected chi connectivity index (χ4v) is 2.81. The number of carbonyl (C=O) groups is 1. The largest absolute Gasteiger partial charge is 0.472 e. The van der Waals surface area contributed by atoms with Gasteiger partial charge < -0.3 is 9.52 Å². The third-order valence-corrected chi connectivity index (χ3v) is 4.05. The molecule has 0 spiro atoms. The van der Waals surface area contributed by atoms with Crippen molar-refractivity contribution in [3.63, 3.8) is 0 Å². The van der Waals surface area contributed by atoms with Crippen LogP contribution in [0.1, 0.15) is 19.3 Å². The maximum absolute atomic E-state index is 10.7. The molecule has 5 nitrogen and oxygen atoms in total. The number of hydrogen-bond acceptors (Lipinski definition) is 4. The molecule has 3 aromatic rings. The van der Waals surface area contributed by atoms with Crippen molar-refractivity contribution in [3.8, 4) is 21.7 Å². The molecule has 6 heteroatoms. The summed E-state index contributed by atoms with van der Waals surface area (Å²) in [5, 5.41) is 11.4. The van der Waals surface area contributed by atoms with E-state index in [1.807, 2.05) is 36.4 Å². The fraction of sp³-hybridized carbons (Fsp3) is 0.176. The smallest absolute Gasteiger partial charge is 0.410 e. The van der Waals surface area contributed by atoms with Gasteiger partial charge in [-0.2, -0.15) is 0 Å². The van der Waals surface area contributed by atoms with E-state index in [-0.39, 0.29) is 0 Å². The predicted octanol–water partition coefficient (Wildman–Crippen LogP) is 5.33. The molecule has 0 bridgehead atoms. The Labute approximate surface area is 137 Å². The summed E-state index contributed by atoms with van der Waals surface area (Å²) in [6.07, 6.45) is 6.57. The molecule has 1 saturated carbocycles. The summed E-state index contributed by atoms with van der Waals surface area (Å²) >= 11 is 1.28. The summed E-state index contributed by atoms with van der Waals surface area (Å²) in [5.41, 5.74) is 2.54. The molecule has 1 fully saturated rings. The molecule has 0 radical (unpaired) electrons. The van der Waals surface area contributed by atoms with Crippen molar-refractivity contribution in [2.24, 2.45) is 0 Å². The van der Waals surface area contributed by atoms with Crippen molar-refractivity contribution in [3.05, 3.63) is 48.9 Å². The van der Waals surface area contributed by atoms with E-state index in [0.717, 1.165) is 21.7 Å². The lowest BCUT2D eigenvalue weighted by molar-refractivity contribution is 0.209. The van der Waals surface area contributed by atoms with E-state index < -0.39 is 6.09 Å². The maximum atomic E-state index is 10.7. The van der Waals surface area contributed by atoms with Gasteiger partial charge in [0.05, 0.1) is 23.1 Å². The zero-order chi connectivity index (χ0) is 16.1. The number of nitrogens with zero attached hydrogens (tertiary/aromatic N) is 1. The van der Waals surface area contributed by atoms with Gasteiger partial charge in [-0.05, 0) is 6.07 Å². The first-order valence-electron chi connectivity index (χ1n) is 7.33. The molecular formula is C17H16N2O3S. The number of hydrogen-bond donors (Lipinski definition) is 2. The number of furan rings is 1. The molecule has 23 heavy (non-hydrogen) atoms. The lowest BCUT2D eigenvalue weighted by Crippen LogP contribution is -2.06. The fourth-order valence-electron chi connectivity index (χ4n) is 1.85. The van der Waals surface area contributed by atoms with Crippen molar-refractivity contribution in [2.45, 2.75) is 19.3 Å². The van der Waals surface area contributed by atoms with Crippen molar-refractivity contribution < 1.29 is 14.3 Å². The Hall–Kier alpha value is -2.60. The first kappa shape index (κ1) is 15.3. The third kappa shape index (κ3) is 4.20. The average molecular weight is 328 g/mol. The molecule has 4 rings (SSSR count). The van der Waals surface area contributed by atoms with E-state index in [1.165, 1.54) is 30.6 Å². The molecule has 1 aliphatic carbocycles. The molecule has 0 atom stereocenters. The number of thiazole rings is 1. The van der Waals surface area contributed by atoms with Gasteiger partial charge in [0.15, 0.2) is 5.13 Å². The van der Waals surface area contributed by atoms with E-state index in [1.54, 1.807) is 12.5 Å². The van der Waals surface area contributed by atoms with Crippen LogP contribution in [0.4, 0.5) is 9.93 Å². The van der Waals surface area contributed by atoms with Crippen LogP contribution in [0.2, 0.25) is 0 Å². The zero-order valence-corrected chi connectivity index (χ0v) is 13.2. The van der Waals surface area contributed by atoms with E-state index >= 15 is 0 Å². The van der Waals surface area contributed by atoms with Crippen molar-refractivity contribution in [1.29, 1.82) is 0 Å². The standard InChI is InChI=1S/C14H10N2O3S.C3H6/c17-14(18)16-13-15-11(9-4-2-1-3-5-9)12(20-13)10-6-7-19-8-10;1-2-3-1/h1-8H,(H,15,16)(H,17,18);1-3H2. The number of nitrogens with one attached hydrogen (secondary N) is 1. The monoisotopic (exact) mass is 328 g/mol. The summed E-state index contributed by atoms with van der Waals surface area (Å²) in [5.74, 6) is 0. The van der Waals surface area contributed by atoms with Crippen LogP contribution < -0.4 is 5.32 Å².